The van der Waals surface area contributed by atoms with Gasteiger partial charge in [0.15, 0.2) is 0 Å². The van der Waals surface area contributed by atoms with Gasteiger partial charge in [-0.3, -0.25) is 4.79 Å². The van der Waals surface area contributed by atoms with E-state index < -0.39 is 0 Å². The lowest BCUT2D eigenvalue weighted by Gasteiger charge is -2.32. The molecule has 19 heavy (non-hydrogen) atoms. The third-order valence-electron chi connectivity index (χ3n) is 5.11. The van der Waals surface area contributed by atoms with Crippen LogP contribution in [0.4, 0.5) is 0 Å². The summed E-state index contributed by atoms with van der Waals surface area (Å²) in [7, 11) is 0. The first-order chi connectivity index (χ1) is 8.90. The number of halogens is 1. The summed E-state index contributed by atoms with van der Waals surface area (Å²) < 4.78 is 0. The minimum atomic E-state index is 0.0826. The lowest BCUT2D eigenvalue weighted by Crippen LogP contribution is -2.44. The van der Waals surface area contributed by atoms with Gasteiger partial charge >= 0.3 is 0 Å². The highest BCUT2D eigenvalue weighted by Gasteiger charge is 2.40. The van der Waals surface area contributed by atoms with Crippen molar-refractivity contribution in [1.82, 2.24) is 5.32 Å². The first-order valence-electron chi connectivity index (χ1n) is 7.75. The highest BCUT2D eigenvalue weighted by Crippen LogP contribution is 2.49. The number of rotatable bonds is 5. The lowest BCUT2D eigenvalue weighted by atomic mass is 9.83. The Morgan fingerprint density at radius 1 is 1.32 bits per heavy atom. The Morgan fingerprint density at radius 2 is 2.05 bits per heavy atom. The fourth-order valence-corrected chi connectivity index (χ4v) is 4.17. The molecule has 2 bridgehead atoms. The Kier molecular flexibility index (Phi) is 4.81. The van der Waals surface area contributed by atoms with Crippen molar-refractivity contribution in [2.24, 2.45) is 23.2 Å². The maximum absolute atomic E-state index is 12.3. The molecule has 0 saturated heterocycles. The van der Waals surface area contributed by atoms with E-state index in [1.165, 1.54) is 25.7 Å². The van der Waals surface area contributed by atoms with E-state index in [2.05, 4.69) is 26.1 Å². The summed E-state index contributed by atoms with van der Waals surface area (Å²) in [5, 5.41) is 3.22. The number of fused-ring (bicyclic) bond motifs is 2. The SMILES string of the molecule is CC(C)(C)C(CCCl)NC(=O)CC1CC2CCC1C2. The Bertz CT molecular complexity index is 323. The van der Waals surface area contributed by atoms with Crippen molar-refractivity contribution in [2.75, 3.05) is 5.88 Å². The number of hydrogen-bond acceptors (Lipinski definition) is 1. The van der Waals surface area contributed by atoms with Gasteiger partial charge in [-0.25, -0.2) is 0 Å². The van der Waals surface area contributed by atoms with Crippen molar-refractivity contribution < 1.29 is 4.79 Å². The summed E-state index contributed by atoms with van der Waals surface area (Å²) in [5.74, 6) is 3.25. The van der Waals surface area contributed by atoms with Gasteiger partial charge in [0.05, 0.1) is 0 Å². The van der Waals surface area contributed by atoms with E-state index in [0.717, 1.165) is 24.7 Å². The van der Waals surface area contributed by atoms with Crippen LogP contribution in [0.3, 0.4) is 0 Å². The first-order valence-corrected chi connectivity index (χ1v) is 8.29. The van der Waals surface area contributed by atoms with E-state index in [9.17, 15) is 4.79 Å². The smallest absolute Gasteiger partial charge is 0.220 e. The zero-order valence-corrected chi connectivity index (χ0v) is 13.3. The maximum atomic E-state index is 12.3. The molecular formula is C16H28ClNO. The maximum Gasteiger partial charge on any atom is 0.220 e. The largest absolute Gasteiger partial charge is 0.353 e. The second kappa shape index (κ2) is 6.03. The molecule has 2 aliphatic carbocycles. The fourth-order valence-electron chi connectivity index (χ4n) is 3.95. The van der Waals surface area contributed by atoms with Gasteiger partial charge in [0.1, 0.15) is 0 Å². The minimum Gasteiger partial charge on any atom is -0.353 e. The van der Waals surface area contributed by atoms with Gasteiger partial charge in [0, 0.05) is 18.3 Å². The van der Waals surface area contributed by atoms with Crippen LogP contribution in [0.5, 0.6) is 0 Å². The molecule has 4 unspecified atom stereocenters. The average Bonchev–Trinajstić information content (AvgIpc) is 2.89. The summed E-state index contributed by atoms with van der Waals surface area (Å²) in [6.45, 7) is 6.51. The molecule has 2 nitrogen and oxygen atoms in total. The molecule has 3 heteroatoms. The number of carbonyl (C=O) groups excluding carboxylic acids is 1. The first kappa shape index (κ1) is 15.2. The van der Waals surface area contributed by atoms with Crippen LogP contribution in [0.1, 0.15) is 59.3 Å². The summed E-state index contributed by atoms with van der Waals surface area (Å²) >= 11 is 5.86. The molecule has 2 saturated carbocycles. The van der Waals surface area contributed by atoms with Crippen LogP contribution in [-0.2, 0) is 4.79 Å². The summed E-state index contributed by atoms with van der Waals surface area (Å²) in [6.07, 6.45) is 7.01. The van der Waals surface area contributed by atoms with Crippen molar-refractivity contribution in [3.8, 4) is 0 Å². The number of hydrogen-bond donors (Lipinski definition) is 1. The van der Waals surface area contributed by atoms with E-state index in [1.54, 1.807) is 0 Å². The van der Waals surface area contributed by atoms with Crippen LogP contribution in [-0.4, -0.2) is 17.8 Å². The average molecular weight is 286 g/mol. The molecule has 2 fully saturated rings. The third kappa shape index (κ3) is 3.87. The number of alkyl halides is 1. The van der Waals surface area contributed by atoms with E-state index in [-0.39, 0.29) is 17.4 Å². The van der Waals surface area contributed by atoms with E-state index in [1.807, 2.05) is 0 Å². The van der Waals surface area contributed by atoms with Crippen LogP contribution < -0.4 is 5.32 Å². The zero-order valence-electron chi connectivity index (χ0n) is 12.5. The second-order valence-electron chi connectivity index (χ2n) is 7.60. The Morgan fingerprint density at radius 3 is 2.53 bits per heavy atom. The highest BCUT2D eigenvalue weighted by molar-refractivity contribution is 6.17. The predicted molar refractivity (Wildman–Crippen MR) is 80.3 cm³/mol. The Labute approximate surface area is 122 Å². The van der Waals surface area contributed by atoms with Crippen LogP contribution in [0, 0.1) is 23.2 Å². The fraction of sp³-hybridized carbons (Fsp3) is 0.938. The van der Waals surface area contributed by atoms with Crippen molar-refractivity contribution in [3.63, 3.8) is 0 Å². The number of nitrogens with one attached hydrogen (secondary N) is 1. The van der Waals surface area contributed by atoms with Crippen molar-refractivity contribution in [1.29, 1.82) is 0 Å². The minimum absolute atomic E-state index is 0.0826. The molecule has 0 heterocycles. The molecule has 2 rings (SSSR count). The van der Waals surface area contributed by atoms with Gasteiger partial charge in [-0.15, -0.1) is 11.6 Å². The van der Waals surface area contributed by atoms with E-state index in [0.29, 0.717) is 11.8 Å². The molecule has 110 valence electrons. The summed E-state index contributed by atoms with van der Waals surface area (Å²) in [4.78, 5) is 12.3. The standard InChI is InChI=1S/C16H28ClNO/c1-16(2,3)14(6-7-17)18-15(19)10-13-9-11-4-5-12(13)8-11/h11-14H,4-10H2,1-3H3,(H,18,19). The van der Waals surface area contributed by atoms with Crippen molar-refractivity contribution in [3.05, 3.63) is 0 Å². The molecule has 0 spiro atoms. The topological polar surface area (TPSA) is 29.1 Å². The van der Waals surface area contributed by atoms with Crippen molar-refractivity contribution >= 4 is 17.5 Å². The molecule has 1 amide bonds. The van der Waals surface area contributed by atoms with Gasteiger partial charge in [-0.05, 0) is 48.9 Å². The van der Waals surface area contributed by atoms with Gasteiger partial charge in [0.2, 0.25) is 5.91 Å². The normalized spacial score (nSPS) is 31.5. The monoisotopic (exact) mass is 285 g/mol. The van der Waals surface area contributed by atoms with Gasteiger partial charge in [-0.2, -0.15) is 0 Å². The van der Waals surface area contributed by atoms with Crippen LogP contribution in [0.15, 0.2) is 0 Å². The lowest BCUT2D eigenvalue weighted by molar-refractivity contribution is -0.123. The molecule has 0 aromatic carbocycles. The van der Waals surface area contributed by atoms with Crippen LogP contribution >= 0.6 is 11.6 Å². The predicted octanol–water partition coefficient (Wildman–Crippen LogP) is 3.97. The Balaban J connectivity index is 1.82. The third-order valence-corrected chi connectivity index (χ3v) is 5.33. The second-order valence-corrected chi connectivity index (χ2v) is 7.98. The van der Waals surface area contributed by atoms with Crippen LogP contribution in [0.2, 0.25) is 0 Å². The Hall–Kier alpha value is -0.240. The molecule has 0 aliphatic heterocycles. The summed E-state index contributed by atoms with van der Waals surface area (Å²) in [5.41, 5.74) is 0.0826. The zero-order chi connectivity index (χ0) is 14.0. The van der Waals surface area contributed by atoms with Gasteiger partial charge in [-0.1, -0.05) is 27.2 Å². The van der Waals surface area contributed by atoms with E-state index >= 15 is 0 Å². The number of amides is 1. The molecule has 2 aliphatic rings. The van der Waals surface area contributed by atoms with Gasteiger partial charge in [0.25, 0.3) is 0 Å². The molecule has 0 radical (unpaired) electrons. The number of carbonyl (C=O) groups is 1. The van der Waals surface area contributed by atoms with Gasteiger partial charge < -0.3 is 5.32 Å². The molecular weight excluding hydrogens is 258 g/mol. The quantitative estimate of drug-likeness (QED) is 0.761. The molecule has 1 N–H and O–H groups in total. The summed E-state index contributed by atoms with van der Waals surface area (Å²) in [6, 6.07) is 0.191. The van der Waals surface area contributed by atoms with Crippen molar-refractivity contribution in [2.45, 2.75) is 65.3 Å². The molecule has 0 aromatic heterocycles. The molecule has 0 aromatic rings. The molecule has 4 atom stereocenters. The highest BCUT2D eigenvalue weighted by atomic mass is 35.5. The van der Waals surface area contributed by atoms with Crippen LogP contribution in [0.25, 0.3) is 0 Å². The van der Waals surface area contributed by atoms with E-state index in [4.69, 9.17) is 11.6 Å².